The van der Waals surface area contributed by atoms with Gasteiger partial charge in [-0.05, 0) is 23.8 Å². The molecule has 0 aromatic heterocycles. The van der Waals surface area contributed by atoms with Gasteiger partial charge in [-0.15, -0.1) is 0 Å². The van der Waals surface area contributed by atoms with Crippen molar-refractivity contribution in [1.82, 2.24) is 0 Å². The van der Waals surface area contributed by atoms with Crippen LogP contribution in [0.25, 0.3) is 0 Å². The first kappa shape index (κ1) is 13.4. The lowest BCUT2D eigenvalue weighted by Gasteiger charge is -2.12. The smallest absolute Gasteiger partial charge is 0.119 e. The molecule has 3 N–H and O–H groups in total. The molecule has 0 aliphatic carbocycles. The monoisotopic (exact) mass is 289 g/mol. The Morgan fingerprint density at radius 3 is 2.81 bits per heavy atom. The van der Waals surface area contributed by atoms with Crippen LogP contribution in [0, 0.1) is 0 Å². The van der Waals surface area contributed by atoms with E-state index in [1.54, 1.807) is 0 Å². The summed E-state index contributed by atoms with van der Waals surface area (Å²) in [4.78, 5) is 0. The van der Waals surface area contributed by atoms with Crippen molar-refractivity contribution in [2.24, 2.45) is 5.73 Å². The molecule has 1 aromatic rings. The van der Waals surface area contributed by atoms with Crippen LogP contribution in [0.1, 0.15) is 5.56 Å². The van der Waals surface area contributed by atoms with Crippen LogP contribution < -0.4 is 10.5 Å². The lowest BCUT2D eigenvalue weighted by Crippen LogP contribution is -2.22. The largest absolute Gasteiger partial charge is 0.491 e. The van der Waals surface area contributed by atoms with Gasteiger partial charge >= 0.3 is 0 Å². The molecule has 5 heteroatoms. The zero-order valence-electron chi connectivity index (χ0n) is 9.15. The third kappa shape index (κ3) is 4.09. The van der Waals surface area contributed by atoms with Crippen molar-refractivity contribution in [2.75, 3.05) is 20.3 Å². The van der Waals surface area contributed by atoms with Gasteiger partial charge in [-0.25, -0.2) is 0 Å². The number of hydrogen-bond donors (Lipinski definition) is 2. The number of halogens is 1. The number of ether oxygens (including phenoxy) is 2. The molecule has 1 rings (SSSR count). The van der Waals surface area contributed by atoms with E-state index in [-0.39, 0.29) is 13.2 Å². The second kappa shape index (κ2) is 6.85. The van der Waals surface area contributed by atoms with Crippen LogP contribution in [0.3, 0.4) is 0 Å². The molecular weight excluding hydrogens is 274 g/mol. The van der Waals surface area contributed by atoms with E-state index in [1.807, 2.05) is 18.2 Å². The maximum absolute atomic E-state index is 9.41. The van der Waals surface area contributed by atoms with Gasteiger partial charge in [-0.3, -0.25) is 0 Å². The predicted octanol–water partition coefficient (Wildman–Crippen LogP) is 1.29. The molecule has 0 bridgehead atoms. The SMILES string of the molecule is COCC(O)COc1ccc(Br)c(CN)c1. The Morgan fingerprint density at radius 2 is 2.19 bits per heavy atom. The van der Waals surface area contributed by atoms with Crippen molar-refractivity contribution < 1.29 is 14.6 Å². The summed E-state index contributed by atoms with van der Waals surface area (Å²) in [5.74, 6) is 0.693. The molecule has 0 aliphatic rings. The van der Waals surface area contributed by atoms with Gasteiger partial charge in [0.15, 0.2) is 0 Å². The van der Waals surface area contributed by atoms with Crippen LogP contribution in [-0.2, 0) is 11.3 Å². The molecule has 1 aromatic carbocycles. The minimum atomic E-state index is -0.616. The normalized spacial score (nSPS) is 12.5. The van der Waals surface area contributed by atoms with Gasteiger partial charge in [0, 0.05) is 18.1 Å². The van der Waals surface area contributed by atoms with Gasteiger partial charge in [0.2, 0.25) is 0 Å². The fourth-order valence-electron chi connectivity index (χ4n) is 1.23. The van der Waals surface area contributed by atoms with Crippen molar-refractivity contribution in [2.45, 2.75) is 12.6 Å². The second-order valence-electron chi connectivity index (χ2n) is 3.38. The van der Waals surface area contributed by atoms with Gasteiger partial charge in [0.25, 0.3) is 0 Å². The van der Waals surface area contributed by atoms with E-state index in [9.17, 15) is 5.11 Å². The number of methoxy groups -OCH3 is 1. The number of benzene rings is 1. The summed E-state index contributed by atoms with van der Waals surface area (Å²) in [6.07, 6.45) is -0.616. The van der Waals surface area contributed by atoms with E-state index in [4.69, 9.17) is 15.2 Å². The van der Waals surface area contributed by atoms with Gasteiger partial charge < -0.3 is 20.3 Å². The highest BCUT2D eigenvalue weighted by Crippen LogP contribution is 2.22. The lowest BCUT2D eigenvalue weighted by atomic mass is 10.2. The van der Waals surface area contributed by atoms with Crippen molar-refractivity contribution >= 4 is 15.9 Å². The van der Waals surface area contributed by atoms with E-state index in [1.165, 1.54) is 7.11 Å². The van der Waals surface area contributed by atoms with Crippen molar-refractivity contribution in [1.29, 1.82) is 0 Å². The molecule has 4 nitrogen and oxygen atoms in total. The van der Waals surface area contributed by atoms with Crippen LogP contribution in [0.4, 0.5) is 0 Å². The Balaban J connectivity index is 2.54. The average molecular weight is 290 g/mol. The number of aliphatic hydroxyl groups excluding tert-OH is 1. The minimum Gasteiger partial charge on any atom is -0.491 e. The third-order valence-corrected chi connectivity index (χ3v) is 2.81. The molecule has 0 radical (unpaired) electrons. The highest BCUT2D eigenvalue weighted by atomic mass is 79.9. The Bertz CT molecular complexity index is 333. The Labute approximate surface area is 103 Å². The first-order valence-electron chi connectivity index (χ1n) is 4.95. The molecule has 1 unspecified atom stereocenters. The summed E-state index contributed by atoms with van der Waals surface area (Å²) in [5, 5.41) is 9.41. The van der Waals surface area contributed by atoms with Crippen LogP contribution in [0.5, 0.6) is 5.75 Å². The third-order valence-electron chi connectivity index (χ3n) is 2.04. The maximum atomic E-state index is 9.41. The molecule has 0 heterocycles. The van der Waals surface area contributed by atoms with Crippen molar-refractivity contribution in [3.05, 3.63) is 28.2 Å². The Hall–Kier alpha value is -0.620. The van der Waals surface area contributed by atoms with E-state index < -0.39 is 6.10 Å². The molecule has 0 saturated heterocycles. The van der Waals surface area contributed by atoms with Gasteiger partial charge in [-0.2, -0.15) is 0 Å². The van der Waals surface area contributed by atoms with Crippen LogP contribution in [0.2, 0.25) is 0 Å². The quantitative estimate of drug-likeness (QED) is 0.828. The van der Waals surface area contributed by atoms with E-state index in [0.717, 1.165) is 10.0 Å². The number of nitrogens with two attached hydrogens (primary N) is 1. The van der Waals surface area contributed by atoms with Crippen molar-refractivity contribution in [3.63, 3.8) is 0 Å². The number of rotatable bonds is 6. The summed E-state index contributed by atoms with van der Waals surface area (Å²) in [5.41, 5.74) is 6.54. The standard InChI is InChI=1S/C11H16BrNO3/c1-15-6-9(14)7-16-10-2-3-11(12)8(4-10)5-13/h2-4,9,14H,5-7,13H2,1H3. The summed E-state index contributed by atoms with van der Waals surface area (Å²) < 4.78 is 11.2. The molecular formula is C11H16BrNO3. The highest BCUT2D eigenvalue weighted by Gasteiger charge is 2.05. The number of hydrogen-bond acceptors (Lipinski definition) is 4. The molecule has 16 heavy (non-hydrogen) atoms. The van der Waals surface area contributed by atoms with Gasteiger partial charge in [-0.1, -0.05) is 15.9 Å². The number of aliphatic hydroxyl groups is 1. The summed E-state index contributed by atoms with van der Waals surface area (Å²) in [6, 6.07) is 5.55. The van der Waals surface area contributed by atoms with Crippen molar-refractivity contribution in [3.8, 4) is 5.75 Å². The molecule has 0 aliphatic heterocycles. The predicted molar refractivity (Wildman–Crippen MR) is 65.4 cm³/mol. The Kier molecular flexibility index (Phi) is 5.76. The molecule has 0 saturated carbocycles. The first-order valence-corrected chi connectivity index (χ1v) is 5.75. The molecule has 0 spiro atoms. The summed E-state index contributed by atoms with van der Waals surface area (Å²) >= 11 is 3.39. The second-order valence-corrected chi connectivity index (χ2v) is 4.23. The van der Waals surface area contributed by atoms with E-state index >= 15 is 0 Å². The zero-order valence-corrected chi connectivity index (χ0v) is 10.7. The zero-order chi connectivity index (χ0) is 12.0. The molecule has 0 amide bonds. The van der Waals surface area contributed by atoms with Crippen LogP contribution in [-0.4, -0.2) is 31.5 Å². The van der Waals surface area contributed by atoms with Gasteiger partial charge in [0.1, 0.15) is 18.5 Å². The highest BCUT2D eigenvalue weighted by molar-refractivity contribution is 9.10. The molecule has 1 atom stereocenters. The first-order chi connectivity index (χ1) is 7.67. The fraction of sp³-hybridized carbons (Fsp3) is 0.455. The topological polar surface area (TPSA) is 64.7 Å². The Morgan fingerprint density at radius 1 is 1.44 bits per heavy atom. The summed E-state index contributed by atoms with van der Waals surface area (Å²) in [6.45, 7) is 0.915. The maximum Gasteiger partial charge on any atom is 0.119 e. The molecule has 90 valence electrons. The van der Waals surface area contributed by atoms with Gasteiger partial charge in [0.05, 0.1) is 6.61 Å². The minimum absolute atomic E-state index is 0.208. The fourth-order valence-corrected chi connectivity index (χ4v) is 1.64. The summed E-state index contributed by atoms with van der Waals surface area (Å²) in [7, 11) is 1.54. The van der Waals surface area contributed by atoms with E-state index in [0.29, 0.717) is 12.3 Å². The van der Waals surface area contributed by atoms with E-state index in [2.05, 4.69) is 15.9 Å². The molecule has 0 fully saturated rings. The van der Waals surface area contributed by atoms with Crippen LogP contribution >= 0.6 is 15.9 Å². The van der Waals surface area contributed by atoms with Crippen LogP contribution in [0.15, 0.2) is 22.7 Å². The average Bonchev–Trinajstić information content (AvgIpc) is 2.28. The lowest BCUT2D eigenvalue weighted by molar-refractivity contribution is 0.0325.